The smallest absolute Gasteiger partial charge is 0.237 e. The van der Waals surface area contributed by atoms with Gasteiger partial charge >= 0.3 is 0 Å². The number of thiocarbonyl (C=S) groups is 1. The third-order valence-corrected chi connectivity index (χ3v) is 4.77. The van der Waals surface area contributed by atoms with Crippen molar-refractivity contribution < 1.29 is 9.59 Å². The van der Waals surface area contributed by atoms with E-state index in [2.05, 4.69) is 15.9 Å². The predicted octanol–water partition coefficient (Wildman–Crippen LogP) is 2.37. The highest BCUT2D eigenvalue weighted by atomic mass is 79.9. The number of hydrogen-bond donors (Lipinski definition) is 1. The van der Waals surface area contributed by atoms with E-state index in [1.54, 1.807) is 18.2 Å². The highest BCUT2D eigenvalue weighted by molar-refractivity contribution is 9.10. The number of imide groups is 1. The number of rotatable bonds is 2. The molecule has 2 atom stereocenters. The number of nitrogens with two attached hydrogens (primary N) is 1. The van der Waals surface area contributed by atoms with Crippen LogP contribution in [0.3, 0.4) is 0 Å². The summed E-state index contributed by atoms with van der Waals surface area (Å²) in [6.07, 6.45) is 2.53. The highest BCUT2D eigenvalue weighted by Crippen LogP contribution is 2.42. The quantitative estimate of drug-likeness (QED) is 0.655. The molecule has 1 saturated heterocycles. The first-order valence-electron chi connectivity index (χ1n) is 6.48. The van der Waals surface area contributed by atoms with Gasteiger partial charge in [0.25, 0.3) is 0 Å². The van der Waals surface area contributed by atoms with Gasteiger partial charge in [0.2, 0.25) is 11.8 Å². The SMILES string of the molecule is NC(=S)c1ccc(Br)cc1N1C(=O)C2CCCC2C1=O. The van der Waals surface area contributed by atoms with E-state index in [4.69, 9.17) is 18.0 Å². The molecule has 1 aliphatic heterocycles. The van der Waals surface area contributed by atoms with Gasteiger partial charge in [-0.1, -0.05) is 34.6 Å². The van der Waals surface area contributed by atoms with E-state index in [9.17, 15) is 9.59 Å². The molecule has 2 fully saturated rings. The average Bonchev–Trinajstić information content (AvgIpc) is 2.94. The molecule has 1 aliphatic carbocycles. The van der Waals surface area contributed by atoms with Crippen LogP contribution in [0.2, 0.25) is 0 Å². The number of halogens is 1. The summed E-state index contributed by atoms with van der Waals surface area (Å²) in [7, 11) is 0. The summed E-state index contributed by atoms with van der Waals surface area (Å²) in [6.45, 7) is 0. The van der Waals surface area contributed by atoms with Gasteiger partial charge in [0.1, 0.15) is 4.99 Å². The maximum absolute atomic E-state index is 12.5. The molecule has 1 saturated carbocycles. The number of nitrogens with zero attached hydrogens (tertiary/aromatic N) is 1. The second-order valence-electron chi connectivity index (χ2n) is 5.18. The average molecular weight is 353 g/mol. The molecule has 104 valence electrons. The number of hydrogen-bond acceptors (Lipinski definition) is 3. The number of benzene rings is 1. The molecule has 1 heterocycles. The van der Waals surface area contributed by atoms with Crippen molar-refractivity contribution in [3.8, 4) is 0 Å². The molecular weight excluding hydrogens is 340 g/mol. The van der Waals surface area contributed by atoms with E-state index in [-0.39, 0.29) is 28.6 Å². The zero-order valence-electron chi connectivity index (χ0n) is 10.6. The molecule has 0 aromatic heterocycles. The van der Waals surface area contributed by atoms with E-state index in [1.165, 1.54) is 4.90 Å². The van der Waals surface area contributed by atoms with Gasteiger partial charge in [-0.3, -0.25) is 9.59 Å². The zero-order chi connectivity index (χ0) is 14.4. The van der Waals surface area contributed by atoms with Crippen molar-refractivity contribution in [3.05, 3.63) is 28.2 Å². The van der Waals surface area contributed by atoms with Crippen molar-refractivity contribution in [2.45, 2.75) is 19.3 Å². The first kappa shape index (κ1) is 13.7. The Kier molecular flexibility index (Phi) is 3.38. The third-order valence-electron chi connectivity index (χ3n) is 4.06. The van der Waals surface area contributed by atoms with Gasteiger partial charge in [0, 0.05) is 10.0 Å². The van der Waals surface area contributed by atoms with Crippen LogP contribution in [0.25, 0.3) is 0 Å². The molecule has 0 spiro atoms. The van der Waals surface area contributed by atoms with Crippen molar-refractivity contribution in [1.82, 2.24) is 0 Å². The molecule has 20 heavy (non-hydrogen) atoms. The van der Waals surface area contributed by atoms with Gasteiger partial charge in [-0.05, 0) is 31.0 Å². The fourth-order valence-corrected chi connectivity index (χ4v) is 3.65. The summed E-state index contributed by atoms with van der Waals surface area (Å²) in [6, 6.07) is 5.26. The second kappa shape index (κ2) is 4.93. The Morgan fingerprint density at radius 2 is 1.85 bits per heavy atom. The van der Waals surface area contributed by atoms with Crippen molar-refractivity contribution in [3.63, 3.8) is 0 Å². The van der Waals surface area contributed by atoms with Crippen molar-refractivity contribution in [2.75, 3.05) is 4.90 Å². The van der Waals surface area contributed by atoms with E-state index < -0.39 is 0 Å². The summed E-state index contributed by atoms with van der Waals surface area (Å²) < 4.78 is 0.783. The van der Waals surface area contributed by atoms with Crippen LogP contribution in [0.5, 0.6) is 0 Å². The van der Waals surface area contributed by atoms with Crippen molar-refractivity contribution in [2.24, 2.45) is 17.6 Å². The van der Waals surface area contributed by atoms with Crippen LogP contribution in [0.15, 0.2) is 22.7 Å². The fraction of sp³-hybridized carbons (Fsp3) is 0.357. The molecule has 3 rings (SSSR count). The van der Waals surface area contributed by atoms with Crippen LogP contribution in [0.4, 0.5) is 5.69 Å². The Morgan fingerprint density at radius 3 is 2.40 bits per heavy atom. The normalized spacial score (nSPS) is 25.1. The van der Waals surface area contributed by atoms with Crippen LogP contribution in [0, 0.1) is 11.8 Å². The molecule has 6 heteroatoms. The van der Waals surface area contributed by atoms with E-state index in [0.29, 0.717) is 11.3 Å². The first-order chi connectivity index (χ1) is 9.50. The van der Waals surface area contributed by atoms with E-state index >= 15 is 0 Å². The Morgan fingerprint density at radius 1 is 1.25 bits per heavy atom. The highest BCUT2D eigenvalue weighted by Gasteiger charge is 2.50. The largest absolute Gasteiger partial charge is 0.389 e. The van der Waals surface area contributed by atoms with E-state index in [1.807, 2.05) is 0 Å². The van der Waals surface area contributed by atoms with Crippen molar-refractivity contribution >= 4 is 50.6 Å². The Balaban J connectivity index is 2.09. The summed E-state index contributed by atoms with van der Waals surface area (Å²) in [5.74, 6) is -0.567. The summed E-state index contributed by atoms with van der Waals surface area (Å²) in [5, 5.41) is 0. The van der Waals surface area contributed by atoms with Crippen LogP contribution >= 0.6 is 28.1 Å². The lowest BCUT2D eigenvalue weighted by atomic mass is 10.00. The number of fused-ring (bicyclic) bond motifs is 1. The standard InChI is InChI=1S/C14H13BrN2O2S/c15-7-4-5-10(12(16)20)11(6-7)17-13(18)8-2-1-3-9(8)14(17)19/h4-6,8-9H,1-3H2,(H2,16,20). The molecule has 2 aliphatic rings. The van der Waals surface area contributed by atoms with Gasteiger partial charge in [-0.2, -0.15) is 0 Å². The summed E-state index contributed by atoms with van der Waals surface area (Å²) >= 11 is 8.38. The Bertz CT molecular complexity index is 610. The van der Waals surface area contributed by atoms with Gasteiger partial charge in [0.05, 0.1) is 17.5 Å². The predicted molar refractivity (Wildman–Crippen MR) is 83.4 cm³/mol. The maximum atomic E-state index is 12.5. The van der Waals surface area contributed by atoms with Crippen LogP contribution in [0.1, 0.15) is 24.8 Å². The minimum absolute atomic E-state index is 0.117. The molecule has 1 aromatic carbocycles. The molecule has 0 radical (unpaired) electrons. The Hall–Kier alpha value is -1.27. The number of carbonyl (C=O) groups is 2. The minimum Gasteiger partial charge on any atom is -0.389 e. The number of amides is 2. The zero-order valence-corrected chi connectivity index (χ0v) is 13.0. The number of anilines is 1. The monoisotopic (exact) mass is 352 g/mol. The summed E-state index contributed by atoms with van der Waals surface area (Å²) in [4.78, 5) is 26.4. The molecule has 2 amide bonds. The van der Waals surface area contributed by atoms with Gasteiger partial charge in [-0.25, -0.2) is 4.90 Å². The fourth-order valence-electron chi connectivity index (χ4n) is 3.13. The minimum atomic E-state index is -0.166. The molecule has 1 aromatic rings. The van der Waals surface area contributed by atoms with E-state index in [0.717, 1.165) is 23.7 Å². The van der Waals surface area contributed by atoms with Gasteiger partial charge in [0.15, 0.2) is 0 Å². The maximum Gasteiger partial charge on any atom is 0.237 e. The summed E-state index contributed by atoms with van der Waals surface area (Å²) in [5.41, 5.74) is 6.76. The third kappa shape index (κ3) is 1.98. The molecular formula is C14H13BrN2O2S. The van der Waals surface area contributed by atoms with Gasteiger partial charge in [-0.15, -0.1) is 0 Å². The molecule has 2 unspecified atom stereocenters. The second-order valence-corrected chi connectivity index (χ2v) is 6.54. The lowest BCUT2D eigenvalue weighted by Crippen LogP contribution is -2.33. The topological polar surface area (TPSA) is 63.4 Å². The molecule has 0 bridgehead atoms. The molecule has 2 N–H and O–H groups in total. The molecule has 4 nitrogen and oxygen atoms in total. The first-order valence-corrected chi connectivity index (χ1v) is 7.68. The van der Waals surface area contributed by atoms with Crippen LogP contribution < -0.4 is 10.6 Å². The Labute approximate surface area is 130 Å². The van der Waals surface area contributed by atoms with Crippen LogP contribution in [-0.2, 0) is 9.59 Å². The van der Waals surface area contributed by atoms with Crippen LogP contribution in [-0.4, -0.2) is 16.8 Å². The lowest BCUT2D eigenvalue weighted by Gasteiger charge is -2.19. The van der Waals surface area contributed by atoms with Crippen molar-refractivity contribution in [1.29, 1.82) is 0 Å². The lowest BCUT2D eigenvalue weighted by molar-refractivity contribution is -0.122. The number of carbonyl (C=O) groups excluding carboxylic acids is 2. The van der Waals surface area contributed by atoms with Gasteiger partial charge < -0.3 is 5.73 Å².